The highest BCUT2D eigenvalue weighted by molar-refractivity contribution is 7.08. The van der Waals surface area contributed by atoms with Crippen molar-refractivity contribution in [3.8, 4) is 11.5 Å². The Morgan fingerprint density at radius 3 is 2.68 bits per heavy atom. The van der Waals surface area contributed by atoms with Crippen LogP contribution >= 0.6 is 22.9 Å². The number of ether oxygens (including phenoxy) is 1. The molecule has 9 heteroatoms. The molecule has 1 amide bonds. The fourth-order valence-electron chi connectivity index (χ4n) is 1.52. The van der Waals surface area contributed by atoms with E-state index in [0.29, 0.717) is 5.56 Å². The molecule has 0 aliphatic rings. The van der Waals surface area contributed by atoms with Crippen LogP contribution in [0.4, 0.5) is 18.9 Å². The van der Waals surface area contributed by atoms with Gasteiger partial charge in [0.2, 0.25) is 0 Å². The molecule has 0 saturated carbocycles. The van der Waals surface area contributed by atoms with Gasteiger partial charge in [-0.05, 0) is 18.2 Å². The van der Waals surface area contributed by atoms with Gasteiger partial charge in [0.05, 0.1) is 12.3 Å². The van der Waals surface area contributed by atoms with Gasteiger partial charge < -0.3 is 15.2 Å². The Kier molecular flexibility index (Phi) is 4.94. The van der Waals surface area contributed by atoms with Crippen molar-refractivity contribution < 1.29 is 27.8 Å². The van der Waals surface area contributed by atoms with E-state index < -0.39 is 12.1 Å². The van der Waals surface area contributed by atoms with Crippen molar-refractivity contribution in [1.82, 2.24) is 0 Å². The number of alkyl halides is 3. The lowest BCUT2D eigenvalue weighted by molar-refractivity contribution is -0.167. The van der Waals surface area contributed by atoms with Gasteiger partial charge in [-0.1, -0.05) is 11.6 Å². The molecule has 0 aliphatic heterocycles. The first-order valence-corrected chi connectivity index (χ1v) is 7.15. The number of aliphatic hydroxyl groups is 1. The second kappa shape index (κ2) is 6.55. The third-order valence-corrected chi connectivity index (χ3v) is 3.55. The Balaban J connectivity index is 2.30. The SMILES string of the molecule is O=C(Nc1cc(Cl)ccc1Oc1cscc1CO)C(F)(F)F. The normalized spacial score (nSPS) is 11.3. The fourth-order valence-corrected chi connectivity index (χ4v) is 2.44. The van der Waals surface area contributed by atoms with Gasteiger partial charge in [-0.2, -0.15) is 13.2 Å². The second-order valence-electron chi connectivity index (χ2n) is 4.11. The van der Waals surface area contributed by atoms with Crippen LogP contribution in [0.25, 0.3) is 0 Å². The first-order valence-electron chi connectivity index (χ1n) is 5.82. The molecule has 1 aromatic heterocycles. The summed E-state index contributed by atoms with van der Waals surface area (Å²) in [5.41, 5.74) is 0.262. The van der Waals surface area contributed by atoms with Crippen molar-refractivity contribution in [1.29, 1.82) is 0 Å². The standard InChI is InChI=1S/C13H9ClF3NO3S/c14-8-1-2-10(21-11-6-22-5-7(11)4-19)9(3-8)18-12(20)13(15,16)17/h1-3,5-6,19H,4H2,(H,18,20). The molecule has 22 heavy (non-hydrogen) atoms. The Morgan fingerprint density at radius 1 is 1.32 bits per heavy atom. The first-order chi connectivity index (χ1) is 10.3. The minimum absolute atomic E-state index is 0.0184. The van der Waals surface area contributed by atoms with E-state index in [1.165, 1.54) is 23.5 Å². The van der Waals surface area contributed by atoms with E-state index >= 15 is 0 Å². The summed E-state index contributed by atoms with van der Waals surface area (Å²) in [5.74, 6) is -1.86. The summed E-state index contributed by atoms with van der Waals surface area (Å²) < 4.78 is 42.5. The van der Waals surface area contributed by atoms with Crippen LogP contribution in [-0.2, 0) is 11.4 Å². The van der Waals surface area contributed by atoms with Crippen molar-refractivity contribution in [2.24, 2.45) is 0 Å². The van der Waals surface area contributed by atoms with Gasteiger partial charge >= 0.3 is 12.1 Å². The van der Waals surface area contributed by atoms with Crippen LogP contribution in [-0.4, -0.2) is 17.2 Å². The minimum Gasteiger partial charge on any atom is -0.454 e. The molecule has 2 N–H and O–H groups in total. The number of nitrogens with one attached hydrogen (secondary N) is 1. The number of rotatable bonds is 4. The van der Waals surface area contributed by atoms with Gasteiger partial charge in [-0.25, -0.2) is 0 Å². The van der Waals surface area contributed by atoms with Crippen molar-refractivity contribution in [3.63, 3.8) is 0 Å². The number of aliphatic hydroxyl groups excluding tert-OH is 1. The Labute approximate surface area is 132 Å². The average molecular weight is 352 g/mol. The summed E-state index contributed by atoms with van der Waals surface area (Å²) in [4.78, 5) is 11.1. The minimum atomic E-state index is -5.03. The maximum atomic E-state index is 12.3. The van der Waals surface area contributed by atoms with Crippen molar-refractivity contribution in [3.05, 3.63) is 39.5 Å². The summed E-state index contributed by atoms with van der Waals surface area (Å²) in [5, 5.41) is 14.2. The third kappa shape index (κ3) is 3.90. The summed E-state index contributed by atoms with van der Waals surface area (Å²) >= 11 is 6.99. The lowest BCUT2D eigenvalue weighted by atomic mass is 10.2. The molecule has 0 aliphatic carbocycles. The lowest BCUT2D eigenvalue weighted by Crippen LogP contribution is -2.30. The largest absolute Gasteiger partial charge is 0.471 e. The van der Waals surface area contributed by atoms with E-state index in [-0.39, 0.29) is 28.8 Å². The molecule has 0 fully saturated rings. The number of thiophene rings is 1. The highest BCUT2D eigenvalue weighted by Gasteiger charge is 2.39. The van der Waals surface area contributed by atoms with Gasteiger partial charge in [-0.15, -0.1) is 11.3 Å². The molecule has 0 atom stereocenters. The zero-order valence-corrected chi connectivity index (χ0v) is 12.4. The predicted molar refractivity (Wildman–Crippen MR) is 76.5 cm³/mol. The molecule has 4 nitrogen and oxygen atoms in total. The van der Waals surface area contributed by atoms with Gasteiger partial charge in [-0.3, -0.25) is 4.79 Å². The number of hydrogen-bond acceptors (Lipinski definition) is 4. The van der Waals surface area contributed by atoms with Gasteiger partial charge in [0.1, 0.15) is 5.75 Å². The van der Waals surface area contributed by atoms with E-state index in [1.807, 2.05) is 0 Å². The monoisotopic (exact) mass is 351 g/mol. The van der Waals surface area contributed by atoms with E-state index in [2.05, 4.69) is 0 Å². The highest BCUT2D eigenvalue weighted by atomic mass is 35.5. The zero-order chi connectivity index (χ0) is 16.3. The summed E-state index contributed by atoms with van der Waals surface area (Å²) in [7, 11) is 0. The number of amides is 1. The first kappa shape index (κ1) is 16.6. The molecule has 0 bridgehead atoms. The van der Waals surface area contributed by atoms with Crippen LogP contribution in [0, 0.1) is 0 Å². The molecule has 0 radical (unpaired) electrons. The maximum absolute atomic E-state index is 12.3. The number of benzene rings is 1. The number of hydrogen-bond donors (Lipinski definition) is 2. The molecule has 0 spiro atoms. The van der Waals surface area contributed by atoms with Crippen LogP contribution in [0.2, 0.25) is 5.02 Å². The molecular weight excluding hydrogens is 343 g/mol. The van der Waals surface area contributed by atoms with Crippen molar-refractivity contribution >= 4 is 34.5 Å². The smallest absolute Gasteiger partial charge is 0.454 e. The van der Waals surface area contributed by atoms with Gasteiger partial charge in [0.25, 0.3) is 0 Å². The molecule has 1 heterocycles. The van der Waals surface area contributed by atoms with E-state index in [0.717, 1.165) is 6.07 Å². The maximum Gasteiger partial charge on any atom is 0.471 e. The van der Waals surface area contributed by atoms with Crippen LogP contribution < -0.4 is 10.1 Å². The third-order valence-electron chi connectivity index (χ3n) is 2.54. The van der Waals surface area contributed by atoms with Crippen molar-refractivity contribution in [2.45, 2.75) is 12.8 Å². The molecule has 0 saturated heterocycles. The van der Waals surface area contributed by atoms with Crippen LogP contribution in [0.15, 0.2) is 29.0 Å². The zero-order valence-electron chi connectivity index (χ0n) is 10.8. The Morgan fingerprint density at radius 2 is 2.05 bits per heavy atom. The predicted octanol–water partition coefficient (Wildman–Crippen LogP) is 4.19. The summed E-state index contributed by atoms with van der Waals surface area (Å²) in [6, 6.07) is 3.88. The average Bonchev–Trinajstić information content (AvgIpc) is 2.88. The van der Waals surface area contributed by atoms with Crippen LogP contribution in [0.3, 0.4) is 0 Å². The van der Waals surface area contributed by atoms with Gasteiger partial charge in [0, 0.05) is 21.3 Å². The topological polar surface area (TPSA) is 58.6 Å². The molecule has 2 aromatic rings. The van der Waals surface area contributed by atoms with Crippen molar-refractivity contribution in [2.75, 3.05) is 5.32 Å². The molecular formula is C13H9ClF3NO3S. The Hall–Kier alpha value is -1.77. The van der Waals surface area contributed by atoms with Crippen LogP contribution in [0.1, 0.15) is 5.56 Å². The van der Waals surface area contributed by atoms with E-state index in [9.17, 15) is 18.0 Å². The summed E-state index contributed by atoms with van der Waals surface area (Å²) in [6.07, 6.45) is -5.03. The molecule has 2 rings (SSSR count). The highest BCUT2D eigenvalue weighted by Crippen LogP contribution is 2.35. The fraction of sp³-hybridized carbons (Fsp3) is 0.154. The quantitative estimate of drug-likeness (QED) is 0.868. The number of halogens is 4. The number of anilines is 1. The van der Waals surface area contributed by atoms with Gasteiger partial charge in [0.15, 0.2) is 5.75 Å². The Bertz CT molecular complexity index is 687. The number of carbonyl (C=O) groups is 1. The second-order valence-corrected chi connectivity index (χ2v) is 5.29. The lowest BCUT2D eigenvalue weighted by Gasteiger charge is -2.13. The molecule has 118 valence electrons. The van der Waals surface area contributed by atoms with E-state index in [4.69, 9.17) is 21.4 Å². The molecule has 1 aromatic carbocycles. The number of carbonyl (C=O) groups excluding carboxylic acids is 1. The van der Waals surface area contributed by atoms with E-state index in [1.54, 1.807) is 16.1 Å². The molecule has 0 unspecified atom stereocenters. The van der Waals surface area contributed by atoms with Crippen LogP contribution in [0.5, 0.6) is 11.5 Å². The summed E-state index contributed by atoms with van der Waals surface area (Å²) in [6.45, 7) is -0.281.